The first kappa shape index (κ1) is 24.0. The van der Waals surface area contributed by atoms with Gasteiger partial charge in [0.25, 0.3) is 0 Å². The number of ether oxygens (including phenoxy) is 1. The standard InChI is InChI=1S/C24H25BrClN3O3/c1-4-32-23(31)24(13-16(2)3)15-29(28-22(24)17-5-9-19(26)10-6-17)14-21(30)27-20-11-7-18(25)8-12-20/h5-12H,2,4,13-15H2,1,3H3,(H,27,30). The summed E-state index contributed by atoms with van der Waals surface area (Å²) in [6.07, 6.45) is 0.359. The van der Waals surface area contributed by atoms with Crippen LogP contribution in [0.2, 0.25) is 5.02 Å². The van der Waals surface area contributed by atoms with Crippen LogP contribution in [0, 0.1) is 5.41 Å². The van der Waals surface area contributed by atoms with E-state index in [1.54, 1.807) is 36.2 Å². The number of hydrazone groups is 1. The van der Waals surface area contributed by atoms with E-state index in [2.05, 4.69) is 27.8 Å². The highest BCUT2D eigenvalue weighted by Gasteiger charge is 2.51. The lowest BCUT2D eigenvalue weighted by Crippen LogP contribution is -2.44. The molecule has 0 saturated carbocycles. The van der Waals surface area contributed by atoms with E-state index in [9.17, 15) is 9.59 Å². The van der Waals surface area contributed by atoms with E-state index in [1.807, 2.05) is 31.2 Å². The maximum absolute atomic E-state index is 13.2. The molecule has 0 saturated heterocycles. The summed E-state index contributed by atoms with van der Waals surface area (Å²) in [4.78, 5) is 25.9. The van der Waals surface area contributed by atoms with Crippen molar-refractivity contribution in [3.8, 4) is 0 Å². The van der Waals surface area contributed by atoms with Crippen molar-refractivity contribution in [3.63, 3.8) is 0 Å². The van der Waals surface area contributed by atoms with Crippen LogP contribution in [-0.4, -0.2) is 42.3 Å². The molecule has 0 aromatic heterocycles. The molecule has 0 spiro atoms. The maximum Gasteiger partial charge on any atom is 0.320 e. The molecule has 0 fully saturated rings. The molecule has 6 nitrogen and oxygen atoms in total. The summed E-state index contributed by atoms with van der Waals surface area (Å²) in [7, 11) is 0. The lowest BCUT2D eigenvalue weighted by Gasteiger charge is -2.29. The van der Waals surface area contributed by atoms with Gasteiger partial charge < -0.3 is 10.1 Å². The topological polar surface area (TPSA) is 71.0 Å². The van der Waals surface area contributed by atoms with Crippen molar-refractivity contribution in [3.05, 3.63) is 75.7 Å². The second-order valence-corrected chi connectivity index (χ2v) is 9.12. The van der Waals surface area contributed by atoms with Gasteiger partial charge in [0.1, 0.15) is 12.0 Å². The van der Waals surface area contributed by atoms with Crippen molar-refractivity contribution in [2.75, 3.05) is 25.0 Å². The minimum absolute atomic E-state index is 0.00943. The number of amides is 1. The van der Waals surface area contributed by atoms with Crippen LogP contribution >= 0.6 is 27.5 Å². The molecule has 0 radical (unpaired) electrons. The third-order valence-electron chi connectivity index (χ3n) is 4.99. The summed E-state index contributed by atoms with van der Waals surface area (Å²) in [5.74, 6) is -0.617. The number of benzene rings is 2. The average molecular weight is 519 g/mol. The van der Waals surface area contributed by atoms with Crippen LogP contribution in [0.15, 0.2) is 70.3 Å². The highest BCUT2D eigenvalue weighted by molar-refractivity contribution is 9.10. The Kier molecular flexibility index (Phi) is 7.74. The zero-order valence-electron chi connectivity index (χ0n) is 18.0. The number of rotatable bonds is 8. The minimum Gasteiger partial charge on any atom is -0.465 e. The Hall–Kier alpha value is -2.64. The predicted octanol–water partition coefficient (Wildman–Crippen LogP) is 5.28. The highest BCUT2D eigenvalue weighted by Crippen LogP contribution is 2.38. The van der Waals surface area contributed by atoms with Crippen LogP contribution in [0.1, 0.15) is 25.8 Å². The highest BCUT2D eigenvalue weighted by atomic mass is 79.9. The molecule has 32 heavy (non-hydrogen) atoms. The summed E-state index contributed by atoms with van der Waals surface area (Å²) >= 11 is 9.43. The van der Waals surface area contributed by atoms with Crippen LogP contribution < -0.4 is 5.32 Å². The van der Waals surface area contributed by atoms with E-state index in [0.29, 0.717) is 22.8 Å². The number of allylic oxidation sites excluding steroid dienone is 1. The third kappa shape index (κ3) is 5.58. The molecule has 1 heterocycles. The molecule has 2 aromatic carbocycles. The van der Waals surface area contributed by atoms with Crippen LogP contribution in [0.5, 0.6) is 0 Å². The Morgan fingerprint density at radius 3 is 2.47 bits per heavy atom. The summed E-state index contributed by atoms with van der Waals surface area (Å²) in [5, 5.41) is 9.74. The van der Waals surface area contributed by atoms with Gasteiger partial charge in [0.05, 0.1) is 18.9 Å². The van der Waals surface area contributed by atoms with E-state index in [-0.39, 0.29) is 31.6 Å². The zero-order valence-corrected chi connectivity index (χ0v) is 20.4. The van der Waals surface area contributed by atoms with Crippen molar-refractivity contribution in [1.82, 2.24) is 5.01 Å². The van der Waals surface area contributed by atoms with Gasteiger partial charge in [0.2, 0.25) is 5.91 Å². The summed E-state index contributed by atoms with van der Waals surface area (Å²) in [6, 6.07) is 14.4. The summed E-state index contributed by atoms with van der Waals surface area (Å²) in [6.45, 7) is 8.09. The Labute approximate surface area is 201 Å². The normalized spacial score (nSPS) is 17.6. The van der Waals surface area contributed by atoms with Crippen molar-refractivity contribution in [2.45, 2.75) is 20.3 Å². The monoisotopic (exact) mass is 517 g/mol. The Morgan fingerprint density at radius 1 is 1.22 bits per heavy atom. The zero-order chi connectivity index (χ0) is 23.3. The van der Waals surface area contributed by atoms with Crippen molar-refractivity contribution < 1.29 is 14.3 Å². The van der Waals surface area contributed by atoms with E-state index in [4.69, 9.17) is 21.4 Å². The predicted molar refractivity (Wildman–Crippen MR) is 131 cm³/mol. The van der Waals surface area contributed by atoms with Gasteiger partial charge >= 0.3 is 5.97 Å². The van der Waals surface area contributed by atoms with E-state index >= 15 is 0 Å². The maximum atomic E-state index is 13.2. The van der Waals surface area contributed by atoms with Gasteiger partial charge in [-0.05, 0) is 62.2 Å². The van der Waals surface area contributed by atoms with Gasteiger partial charge in [0.15, 0.2) is 0 Å². The minimum atomic E-state index is -1.06. The SMILES string of the molecule is C=C(C)CC1(C(=O)OCC)CN(CC(=O)Nc2ccc(Br)cc2)N=C1c1ccc(Cl)cc1. The Balaban J connectivity index is 1.91. The molecule has 0 bridgehead atoms. The number of nitrogens with one attached hydrogen (secondary N) is 1. The molecule has 1 amide bonds. The lowest BCUT2D eigenvalue weighted by molar-refractivity contribution is -0.151. The number of anilines is 1. The van der Waals surface area contributed by atoms with Gasteiger partial charge in [-0.25, -0.2) is 0 Å². The van der Waals surface area contributed by atoms with Gasteiger partial charge in [0, 0.05) is 15.2 Å². The fourth-order valence-electron chi connectivity index (χ4n) is 3.75. The quantitative estimate of drug-likeness (QED) is 0.381. The number of halogens is 2. The van der Waals surface area contributed by atoms with E-state index < -0.39 is 5.41 Å². The molecular formula is C24H25BrClN3O3. The first-order chi connectivity index (χ1) is 15.2. The van der Waals surface area contributed by atoms with Gasteiger partial charge in [-0.1, -0.05) is 45.2 Å². The second-order valence-electron chi connectivity index (χ2n) is 7.77. The van der Waals surface area contributed by atoms with Gasteiger partial charge in [-0.2, -0.15) is 5.10 Å². The summed E-state index contributed by atoms with van der Waals surface area (Å²) in [5.41, 5.74) is 1.73. The number of hydrogen-bond donors (Lipinski definition) is 1. The molecule has 168 valence electrons. The molecule has 8 heteroatoms. The number of carbonyl (C=O) groups is 2. The third-order valence-corrected chi connectivity index (χ3v) is 5.77. The molecule has 1 aliphatic rings. The molecular weight excluding hydrogens is 494 g/mol. The molecule has 3 rings (SSSR count). The van der Waals surface area contributed by atoms with Crippen molar-refractivity contribution >= 4 is 50.8 Å². The first-order valence-corrected chi connectivity index (χ1v) is 11.4. The number of carbonyl (C=O) groups excluding carboxylic acids is 2. The van der Waals surface area contributed by atoms with E-state index in [1.165, 1.54) is 0 Å². The lowest BCUT2D eigenvalue weighted by atomic mass is 9.75. The summed E-state index contributed by atoms with van der Waals surface area (Å²) < 4.78 is 6.37. The van der Waals surface area contributed by atoms with Gasteiger partial charge in [-0.15, -0.1) is 6.58 Å². The largest absolute Gasteiger partial charge is 0.465 e. The molecule has 0 aliphatic carbocycles. The Bertz CT molecular complexity index is 1040. The van der Waals surface area contributed by atoms with Crippen LogP contribution in [0.25, 0.3) is 0 Å². The number of hydrogen-bond acceptors (Lipinski definition) is 5. The van der Waals surface area contributed by atoms with Crippen LogP contribution in [0.3, 0.4) is 0 Å². The first-order valence-electron chi connectivity index (χ1n) is 10.2. The smallest absolute Gasteiger partial charge is 0.320 e. The second kappa shape index (κ2) is 10.3. The molecule has 1 unspecified atom stereocenters. The fraction of sp³-hybridized carbons (Fsp3) is 0.292. The fourth-order valence-corrected chi connectivity index (χ4v) is 4.14. The number of esters is 1. The van der Waals surface area contributed by atoms with Crippen molar-refractivity contribution in [2.24, 2.45) is 10.5 Å². The van der Waals surface area contributed by atoms with Crippen LogP contribution in [-0.2, 0) is 14.3 Å². The van der Waals surface area contributed by atoms with E-state index in [0.717, 1.165) is 15.6 Å². The molecule has 1 atom stereocenters. The number of nitrogens with zero attached hydrogens (tertiary/aromatic N) is 2. The van der Waals surface area contributed by atoms with Crippen molar-refractivity contribution in [1.29, 1.82) is 0 Å². The average Bonchev–Trinajstić information content (AvgIpc) is 3.08. The van der Waals surface area contributed by atoms with Gasteiger partial charge in [-0.3, -0.25) is 14.6 Å². The van der Waals surface area contributed by atoms with Crippen LogP contribution in [0.4, 0.5) is 5.69 Å². The molecule has 1 aliphatic heterocycles. The Morgan fingerprint density at radius 2 is 1.88 bits per heavy atom. The molecule has 2 aromatic rings. The molecule has 1 N–H and O–H groups in total.